The van der Waals surface area contributed by atoms with Gasteiger partial charge in [-0.15, -0.1) is 11.3 Å². The molecule has 20 heavy (non-hydrogen) atoms. The molecule has 0 spiro atoms. The van der Waals surface area contributed by atoms with Crippen LogP contribution in [0.4, 0.5) is 5.82 Å². The third kappa shape index (κ3) is 1.94. The minimum atomic E-state index is 0.0537. The Balaban J connectivity index is 1.68. The molecule has 4 heterocycles. The molecule has 5 nitrogen and oxygen atoms in total. The van der Waals surface area contributed by atoms with Gasteiger partial charge in [-0.05, 0) is 25.8 Å². The Bertz CT molecular complexity index is 607. The van der Waals surface area contributed by atoms with Crippen molar-refractivity contribution in [1.82, 2.24) is 14.3 Å². The van der Waals surface area contributed by atoms with Gasteiger partial charge in [0.1, 0.15) is 0 Å². The first-order valence-electron chi connectivity index (χ1n) is 7.41. The van der Waals surface area contributed by atoms with Crippen molar-refractivity contribution < 1.29 is 5.11 Å². The van der Waals surface area contributed by atoms with E-state index in [0.717, 1.165) is 29.6 Å². The van der Waals surface area contributed by atoms with Gasteiger partial charge in [-0.2, -0.15) is 0 Å². The van der Waals surface area contributed by atoms with E-state index in [1.165, 1.54) is 32.4 Å². The summed E-state index contributed by atoms with van der Waals surface area (Å²) in [5.41, 5.74) is 0.938. The molecule has 2 saturated heterocycles. The predicted octanol–water partition coefficient (Wildman–Crippen LogP) is 1.56. The quantitative estimate of drug-likeness (QED) is 0.912. The van der Waals surface area contributed by atoms with Gasteiger partial charge in [0.05, 0.1) is 12.3 Å². The van der Waals surface area contributed by atoms with Crippen molar-refractivity contribution in [3.05, 3.63) is 17.3 Å². The highest BCUT2D eigenvalue weighted by atomic mass is 32.1. The molecule has 6 heteroatoms. The van der Waals surface area contributed by atoms with Crippen molar-refractivity contribution in [2.75, 3.05) is 31.1 Å². The summed E-state index contributed by atoms with van der Waals surface area (Å²) < 4.78 is 2.03. The Morgan fingerprint density at radius 1 is 1.30 bits per heavy atom. The number of fused-ring (bicyclic) bond motifs is 2. The van der Waals surface area contributed by atoms with Crippen molar-refractivity contribution in [1.29, 1.82) is 0 Å². The smallest absolute Gasteiger partial charge is 0.195 e. The van der Waals surface area contributed by atoms with Crippen molar-refractivity contribution >= 4 is 22.1 Å². The molecule has 2 aromatic heterocycles. The molecule has 1 atom stereocenters. The van der Waals surface area contributed by atoms with Gasteiger partial charge in [-0.25, -0.2) is 4.98 Å². The molecule has 0 bridgehead atoms. The summed E-state index contributed by atoms with van der Waals surface area (Å²) in [6.45, 7) is 4.61. The summed E-state index contributed by atoms with van der Waals surface area (Å²) in [5.74, 6) is 0.994. The van der Waals surface area contributed by atoms with Gasteiger partial charge in [-0.3, -0.25) is 9.30 Å². The zero-order chi connectivity index (χ0) is 13.5. The molecular weight excluding hydrogens is 272 g/mol. The van der Waals surface area contributed by atoms with Crippen LogP contribution < -0.4 is 4.90 Å². The zero-order valence-electron chi connectivity index (χ0n) is 11.5. The van der Waals surface area contributed by atoms with Gasteiger partial charge < -0.3 is 10.0 Å². The van der Waals surface area contributed by atoms with Crippen LogP contribution in [0.3, 0.4) is 0 Å². The number of imidazole rings is 1. The third-order valence-electron chi connectivity index (χ3n) is 4.59. The van der Waals surface area contributed by atoms with Gasteiger partial charge in [0.25, 0.3) is 0 Å². The molecule has 2 aromatic rings. The number of nitrogens with zero attached hydrogens (tertiary/aromatic N) is 4. The maximum atomic E-state index is 9.72. The monoisotopic (exact) mass is 292 g/mol. The van der Waals surface area contributed by atoms with E-state index in [1.807, 2.05) is 16.0 Å². The molecule has 0 aromatic carbocycles. The van der Waals surface area contributed by atoms with E-state index >= 15 is 0 Å². The fraction of sp³-hybridized carbons (Fsp3) is 0.643. The second-order valence-electron chi connectivity index (χ2n) is 5.73. The van der Waals surface area contributed by atoms with Crippen molar-refractivity contribution in [2.24, 2.45) is 0 Å². The summed E-state index contributed by atoms with van der Waals surface area (Å²) in [5, 5.41) is 11.7. The minimum Gasteiger partial charge on any atom is -0.390 e. The Morgan fingerprint density at radius 3 is 3.10 bits per heavy atom. The van der Waals surface area contributed by atoms with E-state index in [9.17, 15) is 5.11 Å². The van der Waals surface area contributed by atoms with E-state index in [0.29, 0.717) is 6.04 Å². The van der Waals surface area contributed by atoms with Crippen LogP contribution >= 0.6 is 11.3 Å². The van der Waals surface area contributed by atoms with Gasteiger partial charge >= 0.3 is 0 Å². The Morgan fingerprint density at radius 2 is 2.20 bits per heavy atom. The molecule has 108 valence electrons. The van der Waals surface area contributed by atoms with E-state index in [4.69, 9.17) is 4.98 Å². The van der Waals surface area contributed by atoms with Gasteiger partial charge in [0, 0.05) is 37.3 Å². The number of thiazole rings is 1. The first kappa shape index (κ1) is 12.6. The predicted molar refractivity (Wildman–Crippen MR) is 80.4 cm³/mol. The first-order chi connectivity index (χ1) is 9.86. The van der Waals surface area contributed by atoms with Crippen LogP contribution in [0, 0.1) is 0 Å². The summed E-state index contributed by atoms with van der Waals surface area (Å²) in [6, 6.07) is 0.670. The fourth-order valence-corrected chi connectivity index (χ4v) is 4.35. The first-order valence-corrected chi connectivity index (χ1v) is 8.29. The minimum absolute atomic E-state index is 0.0537. The molecule has 2 fully saturated rings. The maximum absolute atomic E-state index is 9.72. The molecule has 2 aliphatic rings. The Hall–Kier alpha value is -1.11. The number of aliphatic hydroxyl groups excluding tert-OH is 1. The van der Waals surface area contributed by atoms with Crippen molar-refractivity contribution in [2.45, 2.75) is 31.9 Å². The van der Waals surface area contributed by atoms with Crippen LogP contribution in [-0.2, 0) is 6.61 Å². The summed E-state index contributed by atoms with van der Waals surface area (Å²) >= 11 is 1.63. The average Bonchev–Trinajstić information content (AvgIpc) is 3.11. The molecular formula is C14H20N4OS. The number of aromatic nitrogens is 2. The summed E-state index contributed by atoms with van der Waals surface area (Å²) in [4.78, 5) is 10.7. The maximum Gasteiger partial charge on any atom is 0.195 e. The van der Waals surface area contributed by atoms with Crippen molar-refractivity contribution in [3.8, 4) is 0 Å². The van der Waals surface area contributed by atoms with E-state index < -0.39 is 0 Å². The lowest BCUT2D eigenvalue weighted by Crippen LogP contribution is -2.37. The summed E-state index contributed by atoms with van der Waals surface area (Å²) in [7, 11) is 0. The number of hydrogen-bond acceptors (Lipinski definition) is 5. The molecule has 4 rings (SSSR count). The zero-order valence-corrected chi connectivity index (χ0v) is 12.3. The van der Waals surface area contributed by atoms with Gasteiger partial charge in [0.15, 0.2) is 10.8 Å². The third-order valence-corrected chi connectivity index (χ3v) is 5.35. The molecule has 0 saturated carbocycles. The number of anilines is 1. The molecule has 0 radical (unpaired) electrons. The van der Waals surface area contributed by atoms with Gasteiger partial charge in [-0.1, -0.05) is 0 Å². The summed E-state index contributed by atoms with van der Waals surface area (Å²) in [6.07, 6.45) is 5.81. The van der Waals surface area contributed by atoms with Crippen LogP contribution in [0.5, 0.6) is 0 Å². The number of aliphatic hydroxyl groups is 1. The van der Waals surface area contributed by atoms with Crippen LogP contribution in [0.25, 0.3) is 4.96 Å². The Kier molecular flexibility index (Phi) is 3.17. The largest absolute Gasteiger partial charge is 0.390 e. The molecule has 1 unspecified atom stereocenters. The van der Waals surface area contributed by atoms with Crippen LogP contribution in [-0.4, -0.2) is 51.6 Å². The normalized spacial score (nSPS) is 24.2. The number of hydrogen-bond donors (Lipinski definition) is 1. The highest BCUT2D eigenvalue weighted by Crippen LogP contribution is 2.29. The van der Waals surface area contributed by atoms with Crippen molar-refractivity contribution in [3.63, 3.8) is 0 Å². The molecule has 0 amide bonds. The van der Waals surface area contributed by atoms with Crippen LogP contribution in [0.15, 0.2) is 11.6 Å². The molecule has 0 aliphatic carbocycles. The fourth-order valence-electron chi connectivity index (χ4n) is 3.62. The second-order valence-corrected chi connectivity index (χ2v) is 6.60. The highest BCUT2D eigenvalue weighted by Gasteiger charge is 2.30. The lowest BCUT2D eigenvalue weighted by molar-refractivity contribution is 0.271. The lowest BCUT2D eigenvalue weighted by atomic mass is 10.2. The average molecular weight is 292 g/mol. The lowest BCUT2D eigenvalue weighted by Gasteiger charge is -2.26. The van der Waals surface area contributed by atoms with Crippen LogP contribution in [0.1, 0.15) is 25.0 Å². The number of rotatable bonds is 2. The van der Waals surface area contributed by atoms with Gasteiger partial charge in [0.2, 0.25) is 0 Å². The molecule has 1 N–H and O–H groups in total. The molecule has 2 aliphatic heterocycles. The van der Waals surface area contributed by atoms with Crippen LogP contribution in [0.2, 0.25) is 0 Å². The Labute approximate surface area is 122 Å². The second kappa shape index (κ2) is 5.02. The van der Waals surface area contributed by atoms with E-state index in [2.05, 4.69) is 9.80 Å². The SMILES string of the molecule is OCc1c(N2CCCN3CCCC3C2)nc2sccn12. The highest BCUT2D eigenvalue weighted by molar-refractivity contribution is 7.15. The van der Waals surface area contributed by atoms with E-state index in [-0.39, 0.29) is 6.61 Å². The standard InChI is InChI=1S/C14H20N4OS/c19-10-12-13(15-14-18(12)7-8-20-14)17-6-2-5-16-4-1-3-11(16)9-17/h7-8,11,19H,1-6,9-10H2. The topological polar surface area (TPSA) is 44.0 Å². The van der Waals surface area contributed by atoms with E-state index in [1.54, 1.807) is 11.3 Å².